The zero-order valence-electron chi connectivity index (χ0n) is 23.8. The molecular formula is C33H26BrN3O6S2. The van der Waals surface area contributed by atoms with Crippen molar-refractivity contribution in [3.05, 3.63) is 113 Å². The summed E-state index contributed by atoms with van der Waals surface area (Å²) < 4.78 is 7.22. The number of H-pyrrole nitrogens is 1. The van der Waals surface area contributed by atoms with E-state index in [0.29, 0.717) is 23.4 Å². The minimum Gasteiger partial charge on any atom is -0.489 e. The van der Waals surface area contributed by atoms with E-state index in [0.717, 1.165) is 36.8 Å². The Kier molecular flexibility index (Phi) is 6.81. The number of hydrogen-bond donors (Lipinski definition) is 1. The number of imide groups is 1. The molecule has 1 aromatic heterocycles. The highest BCUT2D eigenvalue weighted by molar-refractivity contribution is 9.10. The number of hydrogen-bond acceptors (Lipinski definition) is 8. The van der Waals surface area contributed by atoms with Crippen LogP contribution >= 0.6 is 39.0 Å². The number of aromatic amines is 1. The summed E-state index contributed by atoms with van der Waals surface area (Å²) >= 11 is 6.12. The van der Waals surface area contributed by atoms with Crippen molar-refractivity contribution in [2.75, 3.05) is 4.90 Å². The van der Waals surface area contributed by atoms with Crippen LogP contribution in [-0.2, 0) is 16.2 Å². The molecule has 7 atom stereocenters. The fraction of sp³-hybridized carbons (Fsp3) is 0.303. The molecule has 1 saturated heterocycles. The van der Waals surface area contributed by atoms with Crippen molar-refractivity contribution in [1.29, 1.82) is 0 Å². The van der Waals surface area contributed by atoms with Crippen LogP contribution in [0.2, 0.25) is 0 Å². The molecule has 12 heteroatoms. The summed E-state index contributed by atoms with van der Waals surface area (Å²) in [4.78, 5) is 57.2. The molecule has 8 rings (SSSR count). The minimum absolute atomic E-state index is 0.0511. The molecule has 0 spiro atoms. The Morgan fingerprint density at radius 2 is 1.71 bits per heavy atom. The van der Waals surface area contributed by atoms with Crippen molar-refractivity contribution in [2.24, 2.45) is 29.6 Å². The van der Waals surface area contributed by atoms with Crippen LogP contribution in [0.1, 0.15) is 33.9 Å². The number of carbonyl (C=O) groups excluding carboxylic acids is 2. The van der Waals surface area contributed by atoms with Crippen molar-refractivity contribution < 1.29 is 19.2 Å². The number of nitro groups is 1. The zero-order valence-corrected chi connectivity index (χ0v) is 27.1. The molecule has 2 bridgehead atoms. The predicted molar refractivity (Wildman–Crippen MR) is 174 cm³/mol. The molecule has 0 radical (unpaired) electrons. The van der Waals surface area contributed by atoms with Gasteiger partial charge in [0.25, 0.3) is 5.69 Å². The van der Waals surface area contributed by atoms with Crippen molar-refractivity contribution in [1.82, 2.24) is 4.98 Å². The van der Waals surface area contributed by atoms with E-state index in [9.17, 15) is 24.5 Å². The number of amides is 2. The van der Waals surface area contributed by atoms with Gasteiger partial charge < -0.3 is 9.72 Å². The maximum Gasteiger partial charge on any atom is 0.305 e. The van der Waals surface area contributed by atoms with Crippen LogP contribution in [0.3, 0.4) is 0 Å². The van der Waals surface area contributed by atoms with Gasteiger partial charge in [-0.05, 0) is 67.0 Å². The molecule has 2 amide bonds. The van der Waals surface area contributed by atoms with E-state index in [1.807, 2.05) is 43.3 Å². The quantitative estimate of drug-likeness (QED) is 0.135. The van der Waals surface area contributed by atoms with Crippen LogP contribution in [-0.4, -0.2) is 27.0 Å². The Bertz CT molecular complexity index is 1940. The number of nitrogens with one attached hydrogen (secondary N) is 1. The zero-order chi connectivity index (χ0) is 31.1. The summed E-state index contributed by atoms with van der Waals surface area (Å²) in [5.74, 6) is -1.50. The molecule has 228 valence electrons. The summed E-state index contributed by atoms with van der Waals surface area (Å²) in [6.45, 7) is 2.28. The lowest BCUT2D eigenvalue weighted by molar-refractivity contribution is -0.385. The van der Waals surface area contributed by atoms with E-state index in [4.69, 9.17) is 4.74 Å². The van der Waals surface area contributed by atoms with Gasteiger partial charge in [-0.25, -0.2) is 0 Å². The number of ether oxygens (including phenoxy) is 1. The van der Waals surface area contributed by atoms with Crippen molar-refractivity contribution in [2.45, 2.75) is 36.1 Å². The molecule has 3 aromatic carbocycles. The van der Waals surface area contributed by atoms with Gasteiger partial charge in [0.1, 0.15) is 12.4 Å². The molecule has 2 saturated carbocycles. The number of carbonyl (C=O) groups is 2. The van der Waals surface area contributed by atoms with E-state index in [1.165, 1.54) is 11.0 Å². The normalized spacial score (nSPS) is 27.8. The Labute approximate surface area is 274 Å². The number of benzene rings is 3. The summed E-state index contributed by atoms with van der Waals surface area (Å²) in [6, 6.07) is 19.8. The largest absolute Gasteiger partial charge is 0.489 e. The van der Waals surface area contributed by atoms with Gasteiger partial charge >= 0.3 is 4.87 Å². The maximum atomic E-state index is 14.1. The van der Waals surface area contributed by atoms with E-state index < -0.39 is 22.7 Å². The third-order valence-corrected chi connectivity index (χ3v) is 13.0. The average Bonchev–Trinajstić information content (AvgIpc) is 3.76. The summed E-state index contributed by atoms with van der Waals surface area (Å²) in [5.41, 5.74) is 3.21. The molecule has 3 fully saturated rings. The summed E-state index contributed by atoms with van der Waals surface area (Å²) in [6.07, 6.45) is 0.716. The second-order valence-corrected chi connectivity index (χ2v) is 15.3. The SMILES string of the molecule is Cc1ccc(COc2ccc([N+](=O)[O-])cc2[C@H]2c3sc(=O)[nH]c3SC3C4CC(C5C(=O)N(c6ccc(Br)cc6)C(=O)C45)C32)cc1. The fourth-order valence-corrected chi connectivity index (χ4v) is 11.2. The molecule has 2 aliphatic carbocycles. The molecule has 9 nitrogen and oxygen atoms in total. The van der Waals surface area contributed by atoms with Crippen LogP contribution in [0.15, 0.2) is 81.0 Å². The van der Waals surface area contributed by atoms with Gasteiger partial charge in [-0.1, -0.05) is 57.1 Å². The molecule has 4 aromatic rings. The van der Waals surface area contributed by atoms with Crippen molar-refractivity contribution >= 4 is 62.2 Å². The third kappa shape index (κ3) is 4.51. The molecule has 6 unspecified atom stereocenters. The number of fused-ring (bicyclic) bond motifs is 9. The number of thioether (sulfide) groups is 1. The highest BCUT2D eigenvalue weighted by atomic mass is 79.9. The Balaban J connectivity index is 1.22. The molecular weight excluding hydrogens is 678 g/mol. The number of anilines is 1. The van der Waals surface area contributed by atoms with Crippen LogP contribution in [0.25, 0.3) is 0 Å². The van der Waals surface area contributed by atoms with Gasteiger partial charge in [-0.3, -0.25) is 29.4 Å². The highest BCUT2D eigenvalue weighted by Gasteiger charge is 2.70. The van der Waals surface area contributed by atoms with Gasteiger partial charge in [0, 0.05) is 38.2 Å². The van der Waals surface area contributed by atoms with Gasteiger partial charge in [-0.2, -0.15) is 0 Å². The number of thiazole rings is 1. The lowest BCUT2D eigenvalue weighted by Gasteiger charge is -2.43. The van der Waals surface area contributed by atoms with Gasteiger partial charge in [0.15, 0.2) is 0 Å². The first-order valence-corrected chi connectivity index (χ1v) is 17.2. The lowest BCUT2D eigenvalue weighted by Crippen LogP contribution is -2.42. The standard InChI is InChI=1S/C33H26BrN3O6S2/c1-15-2-4-16(5-3-15)14-43-23-11-10-19(37(41)42)12-20(23)24-25-21-13-22(28(25)44-30-29(24)45-33(40)35-30)27-26(21)31(38)36(32(27)39)18-8-6-17(34)7-9-18/h2-12,21-22,24-28H,13-14H2,1H3,(H,35,40)/t21?,22?,24-,25?,26?,27?,28?/m1/s1. The second-order valence-electron chi connectivity index (χ2n) is 12.2. The first kappa shape index (κ1) is 28.7. The number of halogens is 1. The van der Waals surface area contributed by atoms with E-state index in [1.54, 1.807) is 36.0 Å². The van der Waals surface area contributed by atoms with Gasteiger partial charge in [0.05, 0.1) is 27.5 Å². The first-order chi connectivity index (χ1) is 21.7. The van der Waals surface area contributed by atoms with E-state index in [2.05, 4.69) is 20.9 Å². The highest BCUT2D eigenvalue weighted by Crippen LogP contribution is 2.69. The van der Waals surface area contributed by atoms with Crippen LogP contribution in [0.4, 0.5) is 11.4 Å². The van der Waals surface area contributed by atoms with Crippen molar-refractivity contribution in [3.63, 3.8) is 0 Å². The van der Waals surface area contributed by atoms with E-state index in [-0.39, 0.29) is 52.0 Å². The smallest absolute Gasteiger partial charge is 0.305 e. The second kappa shape index (κ2) is 10.7. The number of rotatable bonds is 6. The number of nitrogens with zero attached hydrogens (tertiary/aromatic N) is 2. The molecule has 4 aliphatic rings. The van der Waals surface area contributed by atoms with Gasteiger partial charge in [-0.15, -0.1) is 11.8 Å². The van der Waals surface area contributed by atoms with E-state index >= 15 is 0 Å². The van der Waals surface area contributed by atoms with Crippen LogP contribution in [0, 0.1) is 46.6 Å². The number of non-ortho nitro benzene ring substituents is 1. The topological polar surface area (TPSA) is 123 Å². The van der Waals surface area contributed by atoms with Crippen LogP contribution in [0.5, 0.6) is 5.75 Å². The van der Waals surface area contributed by atoms with Gasteiger partial charge in [0.2, 0.25) is 11.8 Å². The molecule has 3 heterocycles. The minimum atomic E-state index is -0.483. The average molecular weight is 705 g/mol. The maximum absolute atomic E-state index is 14.1. The first-order valence-electron chi connectivity index (χ1n) is 14.7. The summed E-state index contributed by atoms with van der Waals surface area (Å²) in [5, 5.41) is 12.7. The number of aromatic nitrogens is 1. The third-order valence-electron chi connectivity index (χ3n) is 9.86. The fourth-order valence-electron chi connectivity index (χ4n) is 8.08. The Hall–Kier alpha value is -3.74. The molecule has 45 heavy (non-hydrogen) atoms. The predicted octanol–water partition coefficient (Wildman–Crippen LogP) is 6.67. The number of nitro benzene ring substituents is 1. The monoisotopic (exact) mass is 703 g/mol. The molecule has 2 aliphatic heterocycles. The number of aryl methyl sites for hydroxylation is 1. The van der Waals surface area contributed by atoms with Crippen LogP contribution < -0.4 is 14.5 Å². The molecule has 1 N–H and O–H groups in total. The Morgan fingerprint density at radius 1 is 1.00 bits per heavy atom. The Morgan fingerprint density at radius 3 is 2.42 bits per heavy atom. The van der Waals surface area contributed by atoms with Crippen molar-refractivity contribution in [3.8, 4) is 5.75 Å². The summed E-state index contributed by atoms with van der Waals surface area (Å²) in [7, 11) is 0. The lowest BCUT2D eigenvalue weighted by atomic mass is 9.68.